The summed E-state index contributed by atoms with van der Waals surface area (Å²) in [5, 5.41) is 3.49. The zero-order valence-corrected chi connectivity index (χ0v) is 13.7. The van der Waals surface area contributed by atoms with Crippen LogP contribution in [0.5, 0.6) is 0 Å². The number of aromatic nitrogens is 5. The van der Waals surface area contributed by atoms with E-state index in [1.807, 2.05) is 19.1 Å². The van der Waals surface area contributed by atoms with Crippen molar-refractivity contribution in [3.63, 3.8) is 0 Å². The number of nitrogens with zero attached hydrogens (tertiary/aromatic N) is 4. The van der Waals surface area contributed by atoms with Gasteiger partial charge in [-0.25, -0.2) is 4.98 Å². The Bertz CT molecular complexity index is 712. The molecule has 0 saturated heterocycles. The molecule has 2 N–H and O–H groups in total. The van der Waals surface area contributed by atoms with E-state index in [0.29, 0.717) is 10.7 Å². The Labute approximate surface area is 141 Å². The van der Waals surface area contributed by atoms with Crippen LogP contribution in [-0.4, -0.2) is 24.9 Å². The summed E-state index contributed by atoms with van der Waals surface area (Å²) in [6.07, 6.45) is 3.53. The second-order valence-electron chi connectivity index (χ2n) is 3.98. The Morgan fingerprint density at radius 1 is 1.00 bits per heavy atom. The number of para-hydroxylation sites is 1. The summed E-state index contributed by atoms with van der Waals surface area (Å²) in [6.45, 7) is 1.92. The fraction of sp³-hybridized carbons (Fsp3) is 0.0769. The van der Waals surface area contributed by atoms with Crippen molar-refractivity contribution in [1.29, 1.82) is 0 Å². The van der Waals surface area contributed by atoms with Crippen LogP contribution < -0.4 is 5.32 Å². The smallest absolute Gasteiger partial charge is 0.232 e. The van der Waals surface area contributed by atoms with Crippen molar-refractivity contribution in [2.24, 2.45) is 0 Å². The maximum absolute atomic E-state index is 5.95. The molecule has 22 heavy (non-hydrogen) atoms. The number of anilines is 2. The van der Waals surface area contributed by atoms with Crippen molar-refractivity contribution in [3.05, 3.63) is 58.1 Å². The zero-order valence-electron chi connectivity index (χ0n) is 11.4. The fourth-order valence-electron chi connectivity index (χ4n) is 1.41. The Hall–Kier alpha value is -1.89. The van der Waals surface area contributed by atoms with Crippen LogP contribution in [0.25, 0.3) is 0 Å². The van der Waals surface area contributed by atoms with Gasteiger partial charge in [0.2, 0.25) is 16.5 Å². The van der Waals surface area contributed by atoms with Gasteiger partial charge in [0.05, 0.1) is 10.7 Å². The topological polar surface area (TPSA) is 79.4 Å². The van der Waals surface area contributed by atoms with E-state index in [9.17, 15) is 0 Å². The third-order valence-electron chi connectivity index (χ3n) is 2.34. The van der Waals surface area contributed by atoms with Crippen molar-refractivity contribution in [1.82, 2.24) is 24.9 Å². The van der Waals surface area contributed by atoms with Crippen LogP contribution in [0, 0.1) is 6.92 Å². The largest absolute Gasteiger partial charge is 0.349 e. The molecule has 0 radical (unpaired) electrons. The first-order chi connectivity index (χ1) is 10.5. The van der Waals surface area contributed by atoms with Crippen LogP contribution in [0.15, 0.2) is 36.7 Å². The minimum atomic E-state index is 0.0227. The van der Waals surface area contributed by atoms with E-state index in [1.54, 1.807) is 24.5 Å². The van der Waals surface area contributed by atoms with Crippen LogP contribution in [0.3, 0.4) is 0 Å². The standard InChI is InChI=1S/C9H5Cl3N4.C4H6N2/c10-5-3-1-2-4-6(5)13-9-15-7(11)14-8(12)16-9;1-4-5-2-3-6-4/h1-4H,(H,13,14,15,16);2-3H,1H3,(H,5,6). The van der Waals surface area contributed by atoms with E-state index < -0.39 is 0 Å². The maximum Gasteiger partial charge on any atom is 0.232 e. The van der Waals surface area contributed by atoms with E-state index in [4.69, 9.17) is 34.8 Å². The zero-order chi connectivity index (χ0) is 15.9. The summed E-state index contributed by atoms with van der Waals surface area (Å²) in [5.41, 5.74) is 0.669. The van der Waals surface area contributed by atoms with E-state index in [2.05, 4.69) is 30.2 Å². The number of imidazole rings is 1. The monoisotopic (exact) mass is 356 g/mol. The molecule has 3 aromatic rings. The van der Waals surface area contributed by atoms with Gasteiger partial charge in [-0.05, 0) is 42.3 Å². The van der Waals surface area contributed by atoms with E-state index >= 15 is 0 Å². The van der Waals surface area contributed by atoms with Crippen molar-refractivity contribution < 1.29 is 0 Å². The van der Waals surface area contributed by atoms with E-state index in [-0.39, 0.29) is 16.5 Å². The number of nitrogens with one attached hydrogen (secondary N) is 2. The van der Waals surface area contributed by atoms with Crippen LogP contribution >= 0.6 is 34.8 Å². The summed E-state index contributed by atoms with van der Waals surface area (Å²) in [5.74, 6) is 1.22. The van der Waals surface area contributed by atoms with Gasteiger partial charge in [-0.15, -0.1) is 0 Å². The highest BCUT2D eigenvalue weighted by Crippen LogP contribution is 2.23. The lowest BCUT2D eigenvalue weighted by Gasteiger charge is -2.06. The Kier molecular flexibility index (Phi) is 5.94. The van der Waals surface area contributed by atoms with Crippen LogP contribution in [0.1, 0.15) is 5.82 Å². The van der Waals surface area contributed by atoms with Crippen molar-refractivity contribution in [2.45, 2.75) is 6.92 Å². The summed E-state index contributed by atoms with van der Waals surface area (Å²) in [4.78, 5) is 18.1. The lowest BCUT2D eigenvalue weighted by atomic mass is 10.3. The fourth-order valence-corrected chi connectivity index (χ4v) is 1.96. The molecule has 2 aromatic heterocycles. The highest BCUT2D eigenvalue weighted by molar-refractivity contribution is 6.33. The number of H-pyrrole nitrogens is 1. The second-order valence-corrected chi connectivity index (χ2v) is 5.06. The maximum atomic E-state index is 5.95. The first kappa shape index (κ1) is 16.5. The van der Waals surface area contributed by atoms with Crippen LogP contribution in [0.2, 0.25) is 15.6 Å². The van der Waals surface area contributed by atoms with Gasteiger partial charge in [0.25, 0.3) is 0 Å². The third-order valence-corrected chi connectivity index (χ3v) is 3.00. The van der Waals surface area contributed by atoms with E-state index in [0.717, 1.165) is 5.82 Å². The highest BCUT2D eigenvalue weighted by Gasteiger charge is 2.05. The molecule has 0 bridgehead atoms. The van der Waals surface area contributed by atoms with Gasteiger partial charge < -0.3 is 10.3 Å². The van der Waals surface area contributed by atoms with Gasteiger partial charge in [-0.3, -0.25) is 0 Å². The Morgan fingerprint density at radius 2 is 1.68 bits per heavy atom. The number of hydrogen-bond donors (Lipinski definition) is 2. The summed E-state index contributed by atoms with van der Waals surface area (Å²) in [7, 11) is 0. The lowest BCUT2D eigenvalue weighted by Crippen LogP contribution is -1.99. The SMILES string of the molecule is Cc1ncc[nH]1.Clc1nc(Cl)nc(Nc2ccccc2Cl)n1. The molecule has 9 heteroatoms. The molecule has 2 heterocycles. The van der Waals surface area contributed by atoms with Crippen molar-refractivity contribution >= 4 is 46.4 Å². The van der Waals surface area contributed by atoms with Gasteiger partial charge in [0, 0.05) is 12.4 Å². The molecule has 6 nitrogen and oxygen atoms in total. The molecular formula is C13H11Cl3N6. The van der Waals surface area contributed by atoms with Gasteiger partial charge >= 0.3 is 0 Å². The number of aryl methyl sites for hydroxylation is 1. The molecule has 0 unspecified atom stereocenters. The number of hydrogen-bond acceptors (Lipinski definition) is 5. The van der Waals surface area contributed by atoms with Crippen molar-refractivity contribution in [3.8, 4) is 0 Å². The molecule has 0 spiro atoms. The van der Waals surface area contributed by atoms with Crippen LogP contribution in [0.4, 0.5) is 11.6 Å². The predicted molar refractivity (Wildman–Crippen MR) is 87.9 cm³/mol. The molecule has 3 rings (SSSR count). The number of aromatic amines is 1. The Morgan fingerprint density at radius 3 is 2.18 bits per heavy atom. The quantitative estimate of drug-likeness (QED) is 0.715. The lowest BCUT2D eigenvalue weighted by molar-refractivity contribution is 1.05. The molecule has 114 valence electrons. The average molecular weight is 358 g/mol. The highest BCUT2D eigenvalue weighted by atomic mass is 35.5. The third kappa shape index (κ3) is 5.14. The number of benzene rings is 1. The molecule has 0 aliphatic carbocycles. The predicted octanol–water partition coefficient (Wildman–Crippen LogP) is 4.29. The summed E-state index contributed by atoms with van der Waals surface area (Å²) < 4.78 is 0. The summed E-state index contributed by atoms with van der Waals surface area (Å²) >= 11 is 17.2. The van der Waals surface area contributed by atoms with Gasteiger partial charge in [-0.1, -0.05) is 23.7 Å². The average Bonchev–Trinajstić information content (AvgIpc) is 2.92. The number of halogens is 3. The number of rotatable bonds is 2. The molecule has 0 aliphatic heterocycles. The second kappa shape index (κ2) is 7.93. The minimum absolute atomic E-state index is 0.0227. The Balaban J connectivity index is 0.000000246. The molecule has 0 aliphatic rings. The molecular weight excluding hydrogens is 347 g/mol. The van der Waals surface area contributed by atoms with Gasteiger partial charge in [-0.2, -0.15) is 15.0 Å². The molecule has 0 fully saturated rings. The molecule has 0 saturated carbocycles. The molecule has 0 amide bonds. The van der Waals surface area contributed by atoms with E-state index in [1.165, 1.54) is 0 Å². The van der Waals surface area contributed by atoms with Crippen LogP contribution in [-0.2, 0) is 0 Å². The van der Waals surface area contributed by atoms with Gasteiger partial charge in [0.1, 0.15) is 5.82 Å². The molecule has 1 aromatic carbocycles. The molecule has 0 atom stereocenters. The van der Waals surface area contributed by atoms with Crippen molar-refractivity contribution in [2.75, 3.05) is 5.32 Å². The normalized spacial score (nSPS) is 9.82. The minimum Gasteiger partial charge on any atom is -0.349 e. The summed E-state index contributed by atoms with van der Waals surface area (Å²) in [6, 6.07) is 7.18. The first-order valence-electron chi connectivity index (χ1n) is 6.09. The van der Waals surface area contributed by atoms with Gasteiger partial charge in [0.15, 0.2) is 0 Å². The first-order valence-corrected chi connectivity index (χ1v) is 7.22.